The molecule has 2 atom stereocenters. The molecule has 28 heavy (non-hydrogen) atoms. The molecule has 2 aromatic heterocycles. The van der Waals surface area contributed by atoms with Crippen LogP contribution in [0, 0.1) is 0 Å². The Balaban J connectivity index is 1.48. The minimum Gasteiger partial charge on any atom is -0.337 e. The van der Waals surface area contributed by atoms with E-state index in [1.54, 1.807) is 24.0 Å². The van der Waals surface area contributed by atoms with Crippen LogP contribution in [-0.4, -0.2) is 55.1 Å². The van der Waals surface area contributed by atoms with Crippen molar-refractivity contribution in [2.24, 2.45) is 7.05 Å². The lowest BCUT2D eigenvalue weighted by Gasteiger charge is -2.38. The van der Waals surface area contributed by atoms with Gasteiger partial charge in [-0.25, -0.2) is 0 Å². The molecule has 5 rings (SSSR count). The lowest BCUT2D eigenvalue weighted by atomic mass is 10.0. The Kier molecular flexibility index (Phi) is 3.82. The van der Waals surface area contributed by atoms with Crippen molar-refractivity contribution >= 4 is 11.8 Å². The number of benzene rings is 1. The average molecular weight is 375 g/mol. The van der Waals surface area contributed by atoms with E-state index >= 15 is 0 Å². The van der Waals surface area contributed by atoms with Gasteiger partial charge in [-0.05, 0) is 23.8 Å². The topological polar surface area (TPSA) is 63.4 Å². The minimum absolute atomic E-state index is 0.0185. The number of rotatable bonds is 3. The van der Waals surface area contributed by atoms with Gasteiger partial charge in [0.25, 0.3) is 11.8 Å². The van der Waals surface area contributed by atoms with Gasteiger partial charge in [-0.2, -0.15) is 5.10 Å². The number of aryl methyl sites for hydroxylation is 1. The summed E-state index contributed by atoms with van der Waals surface area (Å²) in [5.74, 6) is -0.0276. The van der Waals surface area contributed by atoms with Gasteiger partial charge in [0, 0.05) is 39.1 Å². The molecule has 2 amide bonds. The van der Waals surface area contributed by atoms with E-state index in [1.807, 2.05) is 63.0 Å². The molecule has 0 spiro atoms. The number of likely N-dealkylation sites (tertiary alicyclic amines) is 1. The summed E-state index contributed by atoms with van der Waals surface area (Å²) in [7, 11) is 1.77. The molecule has 1 saturated heterocycles. The molecule has 1 aromatic carbocycles. The van der Waals surface area contributed by atoms with Crippen LogP contribution in [0.1, 0.15) is 32.6 Å². The Morgan fingerprint density at radius 1 is 1.07 bits per heavy atom. The van der Waals surface area contributed by atoms with Gasteiger partial charge in [0.15, 0.2) is 0 Å². The first-order chi connectivity index (χ1) is 13.6. The van der Waals surface area contributed by atoms with Crippen LogP contribution in [0.5, 0.6) is 0 Å². The number of fused-ring (bicyclic) bond motifs is 3. The van der Waals surface area contributed by atoms with Gasteiger partial charge in [0.1, 0.15) is 11.4 Å². The number of carbonyl (C=O) groups excluding carboxylic acids is 2. The van der Waals surface area contributed by atoms with Gasteiger partial charge in [-0.15, -0.1) is 0 Å². The molecule has 7 heteroatoms. The minimum atomic E-state index is -0.0511. The molecule has 0 bridgehead atoms. The second-order valence-electron chi connectivity index (χ2n) is 7.40. The third kappa shape index (κ3) is 2.54. The van der Waals surface area contributed by atoms with Gasteiger partial charge in [0.2, 0.25) is 0 Å². The molecule has 2 aliphatic heterocycles. The van der Waals surface area contributed by atoms with E-state index in [0.29, 0.717) is 31.0 Å². The Morgan fingerprint density at radius 2 is 1.86 bits per heavy atom. The van der Waals surface area contributed by atoms with Gasteiger partial charge < -0.3 is 14.4 Å². The molecule has 3 aromatic rings. The first-order valence-electron chi connectivity index (χ1n) is 9.42. The molecule has 0 unspecified atom stereocenters. The summed E-state index contributed by atoms with van der Waals surface area (Å²) in [6.07, 6.45) is 3.58. The zero-order valence-electron chi connectivity index (χ0n) is 15.6. The van der Waals surface area contributed by atoms with Crippen molar-refractivity contribution in [1.29, 1.82) is 0 Å². The Labute approximate surface area is 162 Å². The number of hydrogen-bond acceptors (Lipinski definition) is 3. The van der Waals surface area contributed by atoms with Gasteiger partial charge in [0.05, 0.1) is 12.1 Å². The first kappa shape index (κ1) is 16.8. The highest BCUT2D eigenvalue weighted by Gasteiger charge is 2.46. The Morgan fingerprint density at radius 3 is 2.61 bits per heavy atom. The smallest absolute Gasteiger partial charge is 0.272 e. The monoisotopic (exact) mass is 375 g/mol. The van der Waals surface area contributed by atoms with E-state index in [-0.39, 0.29) is 23.9 Å². The second kappa shape index (κ2) is 6.37. The lowest BCUT2D eigenvalue weighted by Crippen LogP contribution is -2.49. The number of nitrogens with zero attached hydrogens (tertiary/aromatic N) is 5. The van der Waals surface area contributed by atoms with Crippen LogP contribution in [0.15, 0.2) is 60.9 Å². The second-order valence-corrected chi connectivity index (χ2v) is 7.40. The zero-order valence-corrected chi connectivity index (χ0v) is 15.6. The highest BCUT2D eigenvalue weighted by atomic mass is 16.2. The van der Waals surface area contributed by atoms with Crippen LogP contribution in [0.25, 0.3) is 0 Å². The van der Waals surface area contributed by atoms with Crippen molar-refractivity contribution in [3.63, 3.8) is 0 Å². The van der Waals surface area contributed by atoms with Crippen molar-refractivity contribution in [3.05, 3.63) is 77.9 Å². The molecule has 7 nitrogen and oxygen atoms in total. The predicted molar refractivity (Wildman–Crippen MR) is 103 cm³/mol. The zero-order chi connectivity index (χ0) is 19.3. The van der Waals surface area contributed by atoms with E-state index in [1.165, 1.54) is 0 Å². The standard InChI is InChI=1S/C21H21N5O2/c1-23-16(9-10-22-23)20(27)24-13-18-19(14-24)26(12-15-6-3-2-4-7-15)21(28)17-8-5-11-25(17)18/h2-11,18-19H,12-14H2,1H3/t18-,19+/m0/s1. The van der Waals surface area contributed by atoms with E-state index < -0.39 is 0 Å². The van der Waals surface area contributed by atoms with Crippen LogP contribution in [-0.2, 0) is 13.6 Å². The number of carbonyl (C=O) groups is 2. The van der Waals surface area contributed by atoms with Crippen LogP contribution < -0.4 is 0 Å². The average Bonchev–Trinajstić information content (AvgIpc) is 3.44. The molecule has 4 heterocycles. The van der Waals surface area contributed by atoms with Crippen LogP contribution in [0.4, 0.5) is 0 Å². The number of hydrogen-bond donors (Lipinski definition) is 0. The summed E-state index contributed by atoms with van der Waals surface area (Å²) >= 11 is 0. The summed E-state index contributed by atoms with van der Waals surface area (Å²) < 4.78 is 3.63. The maximum atomic E-state index is 13.2. The van der Waals surface area contributed by atoms with Crippen molar-refractivity contribution in [1.82, 2.24) is 24.1 Å². The SMILES string of the molecule is Cn1nccc1C(=O)N1C[C@@H]2[C@H](C1)n1cccc1C(=O)N2Cc1ccccc1. The normalized spacial score (nSPS) is 21.0. The molecular formula is C21H21N5O2. The van der Waals surface area contributed by atoms with Gasteiger partial charge >= 0.3 is 0 Å². The molecule has 0 radical (unpaired) electrons. The van der Waals surface area contributed by atoms with Crippen LogP contribution in [0.2, 0.25) is 0 Å². The van der Waals surface area contributed by atoms with E-state index in [4.69, 9.17) is 0 Å². The largest absolute Gasteiger partial charge is 0.337 e. The summed E-state index contributed by atoms with van der Waals surface area (Å²) in [6.45, 7) is 1.64. The van der Waals surface area contributed by atoms with Crippen molar-refractivity contribution < 1.29 is 9.59 Å². The van der Waals surface area contributed by atoms with Gasteiger partial charge in [-0.3, -0.25) is 14.3 Å². The van der Waals surface area contributed by atoms with Crippen LogP contribution in [0.3, 0.4) is 0 Å². The molecule has 2 aliphatic rings. The fourth-order valence-corrected chi connectivity index (χ4v) is 4.39. The summed E-state index contributed by atoms with van der Waals surface area (Å²) in [5, 5.41) is 4.11. The molecule has 1 fully saturated rings. The van der Waals surface area contributed by atoms with Crippen molar-refractivity contribution in [2.45, 2.75) is 18.6 Å². The van der Waals surface area contributed by atoms with Crippen molar-refractivity contribution in [2.75, 3.05) is 13.1 Å². The number of amides is 2. The first-order valence-corrected chi connectivity index (χ1v) is 9.42. The van der Waals surface area contributed by atoms with E-state index in [9.17, 15) is 9.59 Å². The van der Waals surface area contributed by atoms with Crippen molar-refractivity contribution in [3.8, 4) is 0 Å². The fraction of sp³-hybridized carbons (Fsp3) is 0.286. The highest BCUT2D eigenvalue weighted by molar-refractivity contribution is 5.95. The quantitative estimate of drug-likeness (QED) is 0.703. The van der Waals surface area contributed by atoms with Crippen LogP contribution >= 0.6 is 0 Å². The molecule has 142 valence electrons. The Bertz CT molecular complexity index is 1040. The predicted octanol–water partition coefficient (Wildman–Crippen LogP) is 1.94. The van der Waals surface area contributed by atoms with E-state index in [0.717, 1.165) is 5.56 Å². The molecule has 0 N–H and O–H groups in total. The third-order valence-electron chi connectivity index (χ3n) is 5.80. The lowest BCUT2D eigenvalue weighted by molar-refractivity contribution is 0.0550. The maximum Gasteiger partial charge on any atom is 0.272 e. The van der Waals surface area contributed by atoms with Gasteiger partial charge in [-0.1, -0.05) is 30.3 Å². The molecular weight excluding hydrogens is 354 g/mol. The fourth-order valence-electron chi connectivity index (χ4n) is 4.39. The summed E-state index contributed by atoms with van der Waals surface area (Å²) in [6, 6.07) is 15.5. The third-order valence-corrected chi connectivity index (χ3v) is 5.80. The maximum absolute atomic E-state index is 13.2. The highest BCUT2D eigenvalue weighted by Crippen LogP contribution is 2.35. The Hall–Kier alpha value is -3.35. The van der Waals surface area contributed by atoms with E-state index in [2.05, 4.69) is 5.10 Å². The molecule has 0 aliphatic carbocycles. The summed E-state index contributed by atoms with van der Waals surface area (Å²) in [5.41, 5.74) is 2.34. The number of aromatic nitrogens is 3. The summed E-state index contributed by atoms with van der Waals surface area (Å²) in [4.78, 5) is 30.0. The molecule has 0 saturated carbocycles.